The summed E-state index contributed by atoms with van der Waals surface area (Å²) in [6.07, 6.45) is 1.47. The maximum atomic E-state index is 11.4. The molecule has 18 heavy (non-hydrogen) atoms. The van der Waals surface area contributed by atoms with Crippen LogP contribution in [0, 0.1) is 0 Å². The SMILES string of the molecule is O=S(=O)(CCI)CCCOCCc1ccccc1. The van der Waals surface area contributed by atoms with Crippen molar-refractivity contribution in [3.63, 3.8) is 0 Å². The molecule has 0 heterocycles. The molecule has 0 amide bonds. The van der Waals surface area contributed by atoms with Gasteiger partial charge in [-0.3, -0.25) is 0 Å². The van der Waals surface area contributed by atoms with Crippen LogP contribution in [0.2, 0.25) is 0 Å². The van der Waals surface area contributed by atoms with Gasteiger partial charge in [0.25, 0.3) is 0 Å². The Morgan fingerprint density at radius 3 is 2.44 bits per heavy atom. The third-order valence-electron chi connectivity index (χ3n) is 2.51. The number of sulfone groups is 1. The molecule has 0 N–H and O–H groups in total. The average molecular weight is 382 g/mol. The Labute approximate surface area is 123 Å². The zero-order valence-electron chi connectivity index (χ0n) is 10.3. The van der Waals surface area contributed by atoms with E-state index in [0.717, 1.165) is 6.42 Å². The number of rotatable bonds is 9. The maximum Gasteiger partial charge on any atom is 0.151 e. The number of benzene rings is 1. The van der Waals surface area contributed by atoms with Crippen LogP contribution in [0.15, 0.2) is 30.3 Å². The molecule has 1 aromatic carbocycles. The molecule has 0 aromatic heterocycles. The molecule has 0 bridgehead atoms. The molecule has 0 aliphatic heterocycles. The van der Waals surface area contributed by atoms with Crippen LogP contribution in [-0.4, -0.2) is 37.6 Å². The van der Waals surface area contributed by atoms with Gasteiger partial charge >= 0.3 is 0 Å². The number of ether oxygens (including phenoxy) is 1. The number of hydrogen-bond acceptors (Lipinski definition) is 3. The molecule has 0 atom stereocenters. The second-order valence-electron chi connectivity index (χ2n) is 4.04. The largest absolute Gasteiger partial charge is 0.381 e. The summed E-state index contributed by atoms with van der Waals surface area (Å²) in [5.41, 5.74) is 1.25. The lowest BCUT2D eigenvalue weighted by atomic mass is 10.2. The van der Waals surface area contributed by atoms with E-state index in [2.05, 4.69) is 34.7 Å². The predicted octanol–water partition coefficient (Wildman–Crippen LogP) is 2.49. The van der Waals surface area contributed by atoms with Gasteiger partial charge in [-0.25, -0.2) is 8.42 Å². The van der Waals surface area contributed by atoms with E-state index in [1.807, 2.05) is 18.2 Å². The van der Waals surface area contributed by atoms with Crippen LogP contribution in [0.4, 0.5) is 0 Å². The molecule has 0 spiro atoms. The standard InChI is InChI=1S/C13H19IO3S/c14-8-12-18(15,16)11-4-9-17-10-7-13-5-2-1-3-6-13/h1-3,5-6H,4,7-12H2. The van der Waals surface area contributed by atoms with Gasteiger partial charge in [0.05, 0.1) is 18.1 Å². The van der Waals surface area contributed by atoms with E-state index in [1.54, 1.807) is 0 Å². The highest BCUT2D eigenvalue weighted by molar-refractivity contribution is 14.1. The van der Waals surface area contributed by atoms with Gasteiger partial charge in [0.2, 0.25) is 0 Å². The molecule has 0 radical (unpaired) electrons. The highest BCUT2D eigenvalue weighted by Crippen LogP contribution is 2.01. The third-order valence-corrected chi connectivity index (χ3v) is 5.52. The Kier molecular flexibility index (Phi) is 7.85. The smallest absolute Gasteiger partial charge is 0.151 e. The minimum absolute atomic E-state index is 0.237. The van der Waals surface area contributed by atoms with Crippen LogP contribution in [0.3, 0.4) is 0 Å². The van der Waals surface area contributed by atoms with Crippen molar-refractivity contribution in [2.75, 3.05) is 29.1 Å². The van der Waals surface area contributed by atoms with Gasteiger partial charge in [0.15, 0.2) is 9.84 Å². The van der Waals surface area contributed by atoms with Crippen molar-refractivity contribution in [3.8, 4) is 0 Å². The molecule has 1 aromatic rings. The van der Waals surface area contributed by atoms with E-state index in [-0.39, 0.29) is 11.5 Å². The Balaban J connectivity index is 2.06. The van der Waals surface area contributed by atoms with Crippen molar-refractivity contribution in [2.24, 2.45) is 0 Å². The first-order valence-corrected chi connectivity index (χ1v) is 9.37. The zero-order chi connectivity index (χ0) is 13.3. The van der Waals surface area contributed by atoms with Crippen molar-refractivity contribution in [2.45, 2.75) is 12.8 Å². The Morgan fingerprint density at radius 1 is 1.06 bits per heavy atom. The lowest BCUT2D eigenvalue weighted by Gasteiger charge is -2.05. The second-order valence-corrected chi connectivity index (χ2v) is 7.42. The molecular weight excluding hydrogens is 363 g/mol. The van der Waals surface area contributed by atoms with E-state index in [0.29, 0.717) is 24.1 Å². The fourth-order valence-corrected chi connectivity index (χ4v) is 4.55. The van der Waals surface area contributed by atoms with E-state index in [4.69, 9.17) is 4.74 Å². The molecule has 3 nitrogen and oxygen atoms in total. The molecule has 0 saturated heterocycles. The summed E-state index contributed by atoms with van der Waals surface area (Å²) in [6, 6.07) is 10.1. The lowest BCUT2D eigenvalue weighted by molar-refractivity contribution is 0.138. The topological polar surface area (TPSA) is 43.4 Å². The Bertz CT molecular complexity index is 417. The summed E-state index contributed by atoms with van der Waals surface area (Å²) in [6.45, 7) is 1.17. The van der Waals surface area contributed by atoms with Gasteiger partial charge in [0.1, 0.15) is 0 Å². The Hall–Kier alpha value is -0.140. The van der Waals surface area contributed by atoms with Gasteiger partial charge in [-0.1, -0.05) is 52.9 Å². The molecule has 102 valence electrons. The van der Waals surface area contributed by atoms with Crippen LogP contribution in [0.5, 0.6) is 0 Å². The van der Waals surface area contributed by atoms with E-state index < -0.39 is 9.84 Å². The van der Waals surface area contributed by atoms with E-state index in [9.17, 15) is 8.42 Å². The first-order valence-electron chi connectivity index (χ1n) is 6.02. The van der Waals surface area contributed by atoms with Crippen LogP contribution >= 0.6 is 22.6 Å². The number of hydrogen-bond donors (Lipinski definition) is 0. The fraction of sp³-hybridized carbons (Fsp3) is 0.538. The fourth-order valence-electron chi connectivity index (χ4n) is 1.54. The van der Waals surface area contributed by atoms with Crippen LogP contribution < -0.4 is 0 Å². The van der Waals surface area contributed by atoms with Crippen LogP contribution in [0.1, 0.15) is 12.0 Å². The van der Waals surface area contributed by atoms with Gasteiger partial charge in [-0.2, -0.15) is 0 Å². The summed E-state index contributed by atoms with van der Waals surface area (Å²) < 4.78 is 29.0. The molecular formula is C13H19IO3S. The highest BCUT2D eigenvalue weighted by atomic mass is 127. The normalized spacial score (nSPS) is 11.6. The van der Waals surface area contributed by atoms with Crippen molar-refractivity contribution < 1.29 is 13.2 Å². The molecule has 0 aliphatic carbocycles. The summed E-state index contributed by atoms with van der Waals surface area (Å²) in [5.74, 6) is 0.513. The van der Waals surface area contributed by atoms with Gasteiger partial charge in [0, 0.05) is 11.0 Å². The Morgan fingerprint density at radius 2 is 1.78 bits per heavy atom. The maximum absolute atomic E-state index is 11.4. The van der Waals surface area contributed by atoms with Crippen molar-refractivity contribution in [3.05, 3.63) is 35.9 Å². The number of alkyl halides is 1. The molecule has 0 aliphatic rings. The van der Waals surface area contributed by atoms with E-state index >= 15 is 0 Å². The molecule has 0 unspecified atom stereocenters. The number of halogens is 1. The van der Waals surface area contributed by atoms with Crippen molar-refractivity contribution in [1.29, 1.82) is 0 Å². The second kappa shape index (κ2) is 8.87. The predicted molar refractivity (Wildman–Crippen MR) is 83.1 cm³/mol. The molecule has 1 rings (SSSR count). The highest BCUT2D eigenvalue weighted by Gasteiger charge is 2.08. The monoisotopic (exact) mass is 382 g/mol. The van der Waals surface area contributed by atoms with E-state index in [1.165, 1.54) is 5.56 Å². The average Bonchev–Trinajstić information content (AvgIpc) is 2.35. The molecule has 5 heteroatoms. The van der Waals surface area contributed by atoms with Crippen LogP contribution in [-0.2, 0) is 21.0 Å². The minimum Gasteiger partial charge on any atom is -0.381 e. The van der Waals surface area contributed by atoms with Gasteiger partial charge in [-0.05, 0) is 18.4 Å². The summed E-state index contributed by atoms with van der Waals surface area (Å²) in [4.78, 5) is 0. The first kappa shape index (κ1) is 15.9. The molecule has 0 saturated carbocycles. The quantitative estimate of drug-likeness (QED) is 0.375. The third kappa shape index (κ3) is 7.33. The zero-order valence-corrected chi connectivity index (χ0v) is 13.3. The molecule has 0 fully saturated rings. The van der Waals surface area contributed by atoms with Crippen LogP contribution in [0.25, 0.3) is 0 Å². The lowest BCUT2D eigenvalue weighted by Crippen LogP contribution is -2.14. The van der Waals surface area contributed by atoms with Gasteiger partial charge < -0.3 is 4.74 Å². The van der Waals surface area contributed by atoms with Crippen molar-refractivity contribution in [1.82, 2.24) is 0 Å². The summed E-state index contributed by atoms with van der Waals surface area (Å²) in [7, 11) is -2.86. The minimum atomic E-state index is -2.86. The summed E-state index contributed by atoms with van der Waals surface area (Å²) >= 11 is 2.08. The first-order chi connectivity index (χ1) is 8.64. The summed E-state index contributed by atoms with van der Waals surface area (Å²) in [5, 5.41) is 0. The van der Waals surface area contributed by atoms with Gasteiger partial charge in [-0.15, -0.1) is 0 Å². The van der Waals surface area contributed by atoms with Crippen molar-refractivity contribution >= 4 is 32.4 Å².